The lowest BCUT2D eigenvalue weighted by atomic mass is 10.2. The maximum Gasteiger partial charge on any atom is 0.340 e. The van der Waals surface area contributed by atoms with Crippen molar-refractivity contribution in [3.63, 3.8) is 0 Å². The molecule has 0 saturated carbocycles. The minimum absolute atomic E-state index is 0.237. The molecule has 1 N–H and O–H groups in total. The van der Waals surface area contributed by atoms with Crippen molar-refractivity contribution in [2.75, 3.05) is 38.1 Å². The average Bonchev–Trinajstić information content (AvgIpc) is 3.17. The molecule has 9 nitrogen and oxygen atoms in total. The van der Waals surface area contributed by atoms with Crippen LogP contribution in [0, 0.1) is 0 Å². The van der Waals surface area contributed by atoms with Crippen LogP contribution < -0.4 is 5.32 Å². The first-order chi connectivity index (χ1) is 16.1. The summed E-state index contributed by atoms with van der Waals surface area (Å²) in [5.74, 6) is 0.669. The lowest BCUT2D eigenvalue weighted by Crippen LogP contribution is -2.38. The highest BCUT2D eigenvalue weighted by atomic mass is 16.5. The molecule has 2 amide bonds. The Kier molecular flexibility index (Phi) is 7.31. The molecular formula is C24H27N5O4. The summed E-state index contributed by atoms with van der Waals surface area (Å²) in [7, 11) is 0. The van der Waals surface area contributed by atoms with Crippen LogP contribution >= 0.6 is 0 Å². The molecule has 0 radical (unpaired) electrons. The van der Waals surface area contributed by atoms with Crippen LogP contribution in [0.5, 0.6) is 0 Å². The van der Waals surface area contributed by atoms with E-state index in [-0.39, 0.29) is 12.6 Å². The van der Waals surface area contributed by atoms with Gasteiger partial charge in [0.1, 0.15) is 0 Å². The molecule has 33 heavy (non-hydrogen) atoms. The number of rotatable bonds is 6. The van der Waals surface area contributed by atoms with Gasteiger partial charge in [-0.15, -0.1) is 0 Å². The van der Waals surface area contributed by atoms with Gasteiger partial charge in [-0.25, -0.2) is 9.59 Å². The second-order valence-electron chi connectivity index (χ2n) is 7.69. The third kappa shape index (κ3) is 5.75. The molecular weight excluding hydrogens is 422 g/mol. The Bertz CT molecular complexity index is 1090. The van der Waals surface area contributed by atoms with Gasteiger partial charge >= 0.3 is 12.0 Å². The maximum atomic E-state index is 12.9. The number of nitrogens with zero attached hydrogens (tertiary/aromatic N) is 4. The van der Waals surface area contributed by atoms with Crippen LogP contribution in [0.25, 0.3) is 11.5 Å². The number of anilines is 1. The summed E-state index contributed by atoms with van der Waals surface area (Å²) in [6.07, 6.45) is 0.816. The monoisotopic (exact) mass is 449 g/mol. The van der Waals surface area contributed by atoms with E-state index in [9.17, 15) is 9.59 Å². The molecule has 0 unspecified atom stereocenters. The van der Waals surface area contributed by atoms with Gasteiger partial charge in [-0.05, 0) is 37.6 Å². The fourth-order valence-electron chi connectivity index (χ4n) is 3.72. The highest BCUT2D eigenvalue weighted by Crippen LogP contribution is 2.19. The molecule has 4 rings (SSSR count). The summed E-state index contributed by atoms with van der Waals surface area (Å²) in [4.78, 5) is 33.5. The zero-order chi connectivity index (χ0) is 23.0. The lowest BCUT2D eigenvalue weighted by Gasteiger charge is -2.22. The predicted molar refractivity (Wildman–Crippen MR) is 123 cm³/mol. The van der Waals surface area contributed by atoms with E-state index in [1.54, 1.807) is 36.1 Å². The summed E-state index contributed by atoms with van der Waals surface area (Å²) in [5.41, 5.74) is 1.68. The van der Waals surface area contributed by atoms with Crippen molar-refractivity contribution in [1.82, 2.24) is 19.9 Å². The molecule has 0 atom stereocenters. The highest BCUT2D eigenvalue weighted by molar-refractivity contribution is 6.00. The summed E-state index contributed by atoms with van der Waals surface area (Å²) < 4.78 is 10.5. The van der Waals surface area contributed by atoms with Crippen LogP contribution in [0.2, 0.25) is 0 Å². The number of carbonyl (C=O) groups excluding carboxylic acids is 2. The minimum Gasteiger partial charge on any atom is -0.462 e. The molecule has 1 aromatic heterocycles. The largest absolute Gasteiger partial charge is 0.462 e. The Morgan fingerprint density at radius 2 is 1.82 bits per heavy atom. The fourth-order valence-corrected chi connectivity index (χ4v) is 3.72. The second-order valence-corrected chi connectivity index (χ2v) is 7.69. The van der Waals surface area contributed by atoms with Gasteiger partial charge in [0.2, 0.25) is 0 Å². The molecule has 172 valence electrons. The van der Waals surface area contributed by atoms with Gasteiger partial charge in [0.25, 0.3) is 5.89 Å². The van der Waals surface area contributed by atoms with Crippen molar-refractivity contribution < 1.29 is 18.8 Å². The molecule has 1 fully saturated rings. The number of ether oxygens (including phenoxy) is 1. The Hall–Kier alpha value is -3.72. The van der Waals surface area contributed by atoms with Crippen molar-refractivity contribution in [3.8, 4) is 11.5 Å². The van der Waals surface area contributed by atoms with Gasteiger partial charge in [-0.2, -0.15) is 4.98 Å². The molecule has 9 heteroatoms. The van der Waals surface area contributed by atoms with E-state index in [1.807, 2.05) is 30.3 Å². The third-order valence-corrected chi connectivity index (χ3v) is 5.39. The second kappa shape index (κ2) is 10.7. The Balaban J connectivity index is 1.34. The molecule has 1 saturated heterocycles. The van der Waals surface area contributed by atoms with Crippen molar-refractivity contribution in [3.05, 3.63) is 66.0 Å². The van der Waals surface area contributed by atoms with Crippen molar-refractivity contribution in [2.24, 2.45) is 0 Å². The average molecular weight is 450 g/mol. The lowest BCUT2D eigenvalue weighted by molar-refractivity contribution is 0.0527. The van der Waals surface area contributed by atoms with E-state index >= 15 is 0 Å². The first-order valence-corrected chi connectivity index (χ1v) is 11.1. The number of hydrogen-bond donors (Lipinski definition) is 1. The molecule has 3 aromatic rings. The van der Waals surface area contributed by atoms with E-state index in [0.29, 0.717) is 49.1 Å². The quantitative estimate of drug-likeness (QED) is 0.573. The van der Waals surface area contributed by atoms with Crippen LogP contribution in [0.3, 0.4) is 0 Å². The van der Waals surface area contributed by atoms with Gasteiger partial charge in [-0.3, -0.25) is 4.90 Å². The molecule has 2 heterocycles. The molecule has 1 aliphatic rings. The number of nitrogens with one attached hydrogen (secondary N) is 1. The number of carbonyl (C=O) groups is 2. The van der Waals surface area contributed by atoms with Gasteiger partial charge in [0.15, 0.2) is 5.82 Å². The van der Waals surface area contributed by atoms with Gasteiger partial charge < -0.3 is 19.5 Å². The van der Waals surface area contributed by atoms with E-state index in [4.69, 9.17) is 9.26 Å². The van der Waals surface area contributed by atoms with E-state index in [1.165, 1.54) is 0 Å². The van der Waals surface area contributed by atoms with Crippen molar-refractivity contribution in [1.29, 1.82) is 0 Å². The molecule has 1 aliphatic heterocycles. The number of benzene rings is 2. The number of hydrogen-bond acceptors (Lipinski definition) is 7. The van der Waals surface area contributed by atoms with E-state index in [2.05, 4.69) is 20.4 Å². The highest BCUT2D eigenvalue weighted by Gasteiger charge is 2.22. The van der Waals surface area contributed by atoms with Crippen LogP contribution in [0.4, 0.5) is 10.5 Å². The SMILES string of the molecule is CCOC(=O)c1ccccc1NC(=O)N1CCCN(Cc2noc(-c3ccccc3)n2)CC1. The number of para-hydroxylation sites is 1. The summed E-state index contributed by atoms with van der Waals surface area (Å²) in [5, 5.41) is 6.97. The standard InChI is InChI=1S/C24H27N5O4/c1-2-32-23(30)19-11-6-7-12-20(19)25-24(31)29-14-8-13-28(15-16-29)17-21-26-22(33-27-21)18-9-4-3-5-10-18/h3-7,9-12H,2,8,13-17H2,1H3,(H,25,31). The first-order valence-electron chi connectivity index (χ1n) is 11.1. The number of amides is 2. The zero-order valence-electron chi connectivity index (χ0n) is 18.6. The Labute approximate surface area is 192 Å². The van der Waals surface area contributed by atoms with E-state index in [0.717, 1.165) is 18.5 Å². The molecule has 2 aromatic carbocycles. The third-order valence-electron chi connectivity index (χ3n) is 5.39. The van der Waals surface area contributed by atoms with E-state index < -0.39 is 5.97 Å². The number of esters is 1. The fraction of sp³-hybridized carbons (Fsp3) is 0.333. The van der Waals surface area contributed by atoms with Crippen LogP contribution in [-0.4, -0.2) is 64.7 Å². The number of aromatic nitrogens is 2. The normalized spacial score (nSPS) is 14.5. The van der Waals surface area contributed by atoms with Gasteiger partial charge in [-0.1, -0.05) is 35.5 Å². The van der Waals surface area contributed by atoms with Crippen LogP contribution in [-0.2, 0) is 11.3 Å². The zero-order valence-corrected chi connectivity index (χ0v) is 18.6. The Morgan fingerprint density at radius 1 is 1.03 bits per heavy atom. The first kappa shape index (κ1) is 22.5. The molecule has 0 spiro atoms. The maximum absolute atomic E-state index is 12.9. The van der Waals surface area contributed by atoms with Gasteiger partial charge in [0, 0.05) is 31.7 Å². The minimum atomic E-state index is -0.453. The summed E-state index contributed by atoms with van der Waals surface area (Å²) >= 11 is 0. The summed E-state index contributed by atoms with van der Waals surface area (Å²) in [6.45, 7) is 5.25. The summed E-state index contributed by atoms with van der Waals surface area (Å²) in [6, 6.07) is 16.3. The molecule has 0 bridgehead atoms. The number of urea groups is 1. The van der Waals surface area contributed by atoms with Crippen molar-refractivity contribution in [2.45, 2.75) is 19.9 Å². The van der Waals surface area contributed by atoms with Gasteiger partial charge in [0.05, 0.1) is 24.4 Å². The van der Waals surface area contributed by atoms with Crippen LogP contribution in [0.1, 0.15) is 29.5 Å². The predicted octanol–water partition coefficient (Wildman–Crippen LogP) is 3.65. The smallest absolute Gasteiger partial charge is 0.340 e. The van der Waals surface area contributed by atoms with Crippen molar-refractivity contribution >= 4 is 17.7 Å². The van der Waals surface area contributed by atoms with Crippen LogP contribution in [0.15, 0.2) is 59.1 Å². The molecule has 0 aliphatic carbocycles. The topological polar surface area (TPSA) is 101 Å². The Morgan fingerprint density at radius 3 is 2.64 bits per heavy atom.